The molecule has 6 heteroatoms. The van der Waals surface area contributed by atoms with E-state index in [2.05, 4.69) is 15.6 Å². The van der Waals surface area contributed by atoms with Crippen LogP contribution in [0.4, 0.5) is 0 Å². The Hall–Kier alpha value is -2.37. The van der Waals surface area contributed by atoms with Crippen molar-refractivity contribution in [1.82, 2.24) is 14.9 Å². The minimum atomic E-state index is -0.300. The van der Waals surface area contributed by atoms with Crippen molar-refractivity contribution in [3.8, 4) is 17.3 Å². The lowest BCUT2D eigenvalue weighted by Gasteiger charge is -2.09. The molecular formula is C11H12N4O2. The zero-order valence-corrected chi connectivity index (χ0v) is 9.54. The van der Waals surface area contributed by atoms with E-state index in [-0.39, 0.29) is 17.3 Å². The fourth-order valence-electron chi connectivity index (χ4n) is 1.48. The third-order valence-corrected chi connectivity index (χ3v) is 2.29. The van der Waals surface area contributed by atoms with Crippen LogP contribution in [0, 0.1) is 0 Å². The molecule has 1 aromatic heterocycles. The normalized spacial score (nSPS) is 10.0. The van der Waals surface area contributed by atoms with E-state index in [9.17, 15) is 4.79 Å². The molecule has 0 saturated carbocycles. The Balaban J connectivity index is 2.62. The van der Waals surface area contributed by atoms with E-state index in [0.29, 0.717) is 0 Å². The van der Waals surface area contributed by atoms with Gasteiger partial charge in [0, 0.05) is 12.6 Å². The SMILES string of the molecule is CNn1c(OC)nnc(-c2ccccc2)c1=O. The van der Waals surface area contributed by atoms with Crippen molar-refractivity contribution in [2.24, 2.45) is 0 Å². The summed E-state index contributed by atoms with van der Waals surface area (Å²) in [6, 6.07) is 9.28. The predicted molar refractivity (Wildman–Crippen MR) is 63.6 cm³/mol. The van der Waals surface area contributed by atoms with Gasteiger partial charge in [0.15, 0.2) is 5.69 Å². The maximum absolute atomic E-state index is 12.1. The first-order chi connectivity index (χ1) is 8.27. The number of hydrogen-bond donors (Lipinski definition) is 1. The Labute approximate surface area is 97.9 Å². The molecule has 0 radical (unpaired) electrons. The molecule has 0 bridgehead atoms. The van der Waals surface area contributed by atoms with Gasteiger partial charge in [0.1, 0.15) is 0 Å². The van der Waals surface area contributed by atoms with Crippen LogP contribution in [0.1, 0.15) is 0 Å². The number of aromatic nitrogens is 3. The van der Waals surface area contributed by atoms with E-state index in [0.717, 1.165) is 5.56 Å². The summed E-state index contributed by atoms with van der Waals surface area (Å²) >= 11 is 0. The number of hydrogen-bond acceptors (Lipinski definition) is 5. The Morgan fingerprint density at radius 1 is 1.24 bits per heavy atom. The van der Waals surface area contributed by atoms with Crippen LogP contribution >= 0.6 is 0 Å². The molecule has 1 aromatic carbocycles. The Kier molecular flexibility index (Phi) is 3.04. The van der Waals surface area contributed by atoms with Crippen LogP contribution in [-0.4, -0.2) is 29.0 Å². The molecule has 0 amide bonds. The standard InChI is InChI=1S/C11H12N4O2/c1-12-15-10(16)9(13-14-11(15)17-2)8-6-4-3-5-7-8/h3-7,12H,1-2H3. The van der Waals surface area contributed by atoms with Gasteiger partial charge in [-0.3, -0.25) is 4.79 Å². The zero-order chi connectivity index (χ0) is 12.3. The van der Waals surface area contributed by atoms with Crippen molar-refractivity contribution in [2.75, 3.05) is 19.6 Å². The van der Waals surface area contributed by atoms with Gasteiger partial charge in [0.2, 0.25) is 0 Å². The first-order valence-electron chi connectivity index (χ1n) is 5.05. The highest BCUT2D eigenvalue weighted by Gasteiger charge is 2.12. The van der Waals surface area contributed by atoms with Gasteiger partial charge < -0.3 is 10.2 Å². The van der Waals surface area contributed by atoms with Crippen molar-refractivity contribution < 1.29 is 4.74 Å². The van der Waals surface area contributed by atoms with Crippen molar-refractivity contribution >= 4 is 0 Å². The van der Waals surface area contributed by atoms with Crippen molar-refractivity contribution in [3.05, 3.63) is 40.7 Å². The average molecular weight is 232 g/mol. The van der Waals surface area contributed by atoms with Gasteiger partial charge in [-0.15, -0.1) is 5.10 Å². The fraction of sp³-hybridized carbons (Fsp3) is 0.182. The van der Waals surface area contributed by atoms with Crippen LogP contribution in [0.3, 0.4) is 0 Å². The molecule has 6 nitrogen and oxygen atoms in total. The molecular weight excluding hydrogens is 220 g/mol. The monoisotopic (exact) mass is 232 g/mol. The molecule has 0 fully saturated rings. The summed E-state index contributed by atoms with van der Waals surface area (Å²) in [7, 11) is 3.04. The van der Waals surface area contributed by atoms with E-state index in [4.69, 9.17) is 4.74 Å². The van der Waals surface area contributed by atoms with Gasteiger partial charge in [-0.25, -0.2) is 0 Å². The minimum Gasteiger partial charge on any atom is -0.466 e. The molecule has 0 saturated heterocycles. The molecule has 1 N–H and O–H groups in total. The number of methoxy groups -OCH3 is 1. The Bertz CT molecular complexity index is 565. The topological polar surface area (TPSA) is 69.0 Å². The van der Waals surface area contributed by atoms with E-state index in [1.54, 1.807) is 19.2 Å². The highest BCUT2D eigenvalue weighted by atomic mass is 16.5. The van der Waals surface area contributed by atoms with Crippen LogP contribution < -0.4 is 15.7 Å². The predicted octanol–water partition coefficient (Wildman–Crippen LogP) is 0.487. The second-order valence-corrected chi connectivity index (χ2v) is 3.27. The smallest absolute Gasteiger partial charge is 0.337 e. The number of rotatable bonds is 3. The molecule has 0 atom stereocenters. The molecule has 0 aliphatic rings. The molecule has 2 rings (SSSR count). The van der Waals surface area contributed by atoms with Gasteiger partial charge in [-0.2, -0.15) is 4.68 Å². The number of nitrogens with zero attached hydrogens (tertiary/aromatic N) is 3. The summed E-state index contributed by atoms with van der Waals surface area (Å²) in [5, 5.41) is 7.71. The minimum absolute atomic E-state index is 0.122. The summed E-state index contributed by atoms with van der Waals surface area (Å²) in [4.78, 5) is 12.1. The van der Waals surface area contributed by atoms with Gasteiger partial charge in [0.05, 0.1) is 7.11 Å². The maximum atomic E-state index is 12.1. The van der Waals surface area contributed by atoms with Crippen LogP contribution in [0.5, 0.6) is 6.01 Å². The van der Waals surface area contributed by atoms with Crippen molar-refractivity contribution in [2.45, 2.75) is 0 Å². The summed E-state index contributed by atoms with van der Waals surface area (Å²) in [5.41, 5.74) is 3.40. The Morgan fingerprint density at radius 3 is 2.53 bits per heavy atom. The van der Waals surface area contributed by atoms with Crippen LogP contribution in [-0.2, 0) is 0 Å². The molecule has 0 aliphatic carbocycles. The maximum Gasteiger partial charge on any atom is 0.337 e. The third-order valence-electron chi connectivity index (χ3n) is 2.29. The molecule has 2 aromatic rings. The lowest BCUT2D eigenvalue weighted by Crippen LogP contribution is -2.30. The lowest BCUT2D eigenvalue weighted by molar-refractivity contribution is 0.352. The van der Waals surface area contributed by atoms with Crippen LogP contribution in [0.25, 0.3) is 11.3 Å². The molecule has 1 heterocycles. The van der Waals surface area contributed by atoms with Crippen molar-refractivity contribution in [3.63, 3.8) is 0 Å². The number of benzene rings is 1. The van der Waals surface area contributed by atoms with Crippen molar-refractivity contribution in [1.29, 1.82) is 0 Å². The largest absolute Gasteiger partial charge is 0.466 e. The van der Waals surface area contributed by atoms with Gasteiger partial charge in [-0.05, 0) is 0 Å². The lowest BCUT2D eigenvalue weighted by atomic mass is 10.2. The summed E-state index contributed by atoms with van der Waals surface area (Å²) < 4.78 is 6.14. The molecule has 0 unspecified atom stereocenters. The first kappa shape index (κ1) is 11.1. The van der Waals surface area contributed by atoms with Gasteiger partial charge >= 0.3 is 11.6 Å². The third kappa shape index (κ3) is 1.96. The average Bonchev–Trinajstić information content (AvgIpc) is 2.39. The van der Waals surface area contributed by atoms with E-state index in [1.165, 1.54) is 11.8 Å². The van der Waals surface area contributed by atoms with Crippen LogP contribution in [0.2, 0.25) is 0 Å². The second kappa shape index (κ2) is 4.65. The fourth-order valence-corrected chi connectivity index (χ4v) is 1.48. The highest BCUT2D eigenvalue weighted by molar-refractivity contribution is 5.57. The molecule has 0 aliphatic heterocycles. The molecule has 17 heavy (non-hydrogen) atoms. The first-order valence-corrected chi connectivity index (χ1v) is 5.05. The van der Waals surface area contributed by atoms with Crippen LogP contribution in [0.15, 0.2) is 35.1 Å². The van der Waals surface area contributed by atoms with E-state index >= 15 is 0 Å². The van der Waals surface area contributed by atoms with Gasteiger partial charge in [0.25, 0.3) is 0 Å². The second-order valence-electron chi connectivity index (χ2n) is 3.27. The van der Waals surface area contributed by atoms with E-state index in [1.807, 2.05) is 18.2 Å². The Morgan fingerprint density at radius 2 is 1.94 bits per heavy atom. The quantitative estimate of drug-likeness (QED) is 0.834. The molecule has 88 valence electrons. The summed E-state index contributed by atoms with van der Waals surface area (Å²) in [6.07, 6.45) is 0. The number of nitrogens with one attached hydrogen (secondary N) is 1. The van der Waals surface area contributed by atoms with E-state index < -0.39 is 0 Å². The number of ether oxygens (including phenoxy) is 1. The summed E-state index contributed by atoms with van der Waals surface area (Å²) in [5.74, 6) is 0. The molecule has 0 spiro atoms. The zero-order valence-electron chi connectivity index (χ0n) is 9.54. The summed E-state index contributed by atoms with van der Waals surface area (Å²) in [6.45, 7) is 0. The van der Waals surface area contributed by atoms with Gasteiger partial charge in [-0.1, -0.05) is 35.4 Å². The highest BCUT2D eigenvalue weighted by Crippen LogP contribution is 2.12.